The molecule has 31 heavy (non-hydrogen) atoms. The van der Waals surface area contributed by atoms with E-state index in [4.69, 9.17) is 10.5 Å². The number of nitriles is 3. The van der Waals surface area contributed by atoms with Crippen LogP contribution in [0.2, 0.25) is 0 Å². The SMILES string of the molecule is COC(=O)c1ccc([C@@H]2[C@H]3C[C@H](C(C)(C)C)CC=C3C(C#N)=C(N)C2(C#N)C#N)cc1. The summed E-state index contributed by atoms with van der Waals surface area (Å²) in [4.78, 5) is 11.9. The van der Waals surface area contributed by atoms with E-state index in [-0.39, 0.29) is 22.6 Å². The second-order valence-corrected chi connectivity index (χ2v) is 9.32. The van der Waals surface area contributed by atoms with Gasteiger partial charge in [0.15, 0.2) is 5.41 Å². The van der Waals surface area contributed by atoms with Gasteiger partial charge in [-0.15, -0.1) is 0 Å². The number of esters is 1. The fraction of sp³-hybridized carbons (Fsp3) is 0.440. The van der Waals surface area contributed by atoms with E-state index in [0.717, 1.165) is 24.0 Å². The van der Waals surface area contributed by atoms with Crippen molar-refractivity contribution in [3.63, 3.8) is 0 Å². The van der Waals surface area contributed by atoms with Crippen molar-refractivity contribution < 1.29 is 9.53 Å². The van der Waals surface area contributed by atoms with Crippen LogP contribution in [0.1, 0.15) is 55.5 Å². The quantitative estimate of drug-likeness (QED) is 0.718. The molecule has 2 aliphatic carbocycles. The van der Waals surface area contributed by atoms with E-state index in [9.17, 15) is 20.6 Å². The molecule has 0 saturated carbocycles. The van der Waals surface area contributed by atoms with Crippen molar-refractivity contribution in [3.05, 3.63) is 58.3 Å². The number of benzene rings is 1. The van der Waals surface area contributed by atoms with Gasteiger partial charge >= 0.3 is 5.97 Å². The topological polar surface area (TPSA) is 124 Å². The fourth-order valence-electron chi connectivity index (χ4n) is 4.92. The summed E-state index contributed by atoms with van der Waals surface area (Å²) in [5.74, 6) is -0.891. The maximum atomic E-state index is 11.9. The van der Waals surface area contributed by atoms with Gasteiger partial charge in [-0.3, -0.25) is 0 Å². The van der Waals surface area contributed by atoms with Crippen molar-refractivity contribution >= 4 is 5.97 Å². The maximum Gasteiger partial charge on any atom is 0.337 e. The molecule has 1 aromatic carbocycles. The Bertz CT molecular complexity index is 1070. The molecule has 3 atom stereocenters. The molecule has 2 aliphatic rings. The van der Waals surface area contributed by atoms with E-state index in [2.05, 4.69) is 45.1 Å². The Hall–Kier alpha value is -3.56. The number of ether oxygens (including phenoxy) is 1. The second kappa shape index (κ2) is 7.93. The van der Waals surface area contributed by atoms with Gasteiger partial charge in [-0.25, -0.2) is 4.79 Å². The molecule has 0 unspecified atom stereocenters. The zero-order valence-corrected chi connectivity index (χ0v) is 18.3. The first-order chi connectivity index (χ1) is 14.6. The van der Waals surface area contributed by atoms with Gasteiger partial charge in [0.05, 0.1) is 36.1 Å². The number of nitrogens with zero attached hydrogens (tertiary/aromatic N) is 3. The van der Waals surface area contributed by atoms with Crippen LogP contribution in [0.3, 0.4) is 0 Å². The average molecular weight is 415 g/mol. The minimum atomic E-state index is -1.67. The fourth-order valence-corrected chi connectivity index (χ4v) is 4.92. The number of hydrogen-bond donors (Lipinski definition) is 1. The monoisotopic (exact) mass is 414 g/mol. The Kier molecular flexibility index (Phi) is 5.66. The minimum Gasteiger partial charge on any atom is -0.465 e. The van der Waals surface area contributed by atoms with E-state index in [1.807, 2.05) is 0 Å². The number of nitrogens with two attached hydrogens (primary N) is 1. The third kappa shape index (κ3) is 3.47. The molecule has 3 rings (SSSR count). The zero-order chi connectivity index (χ0) is 23.0. The molecule has 158 valence electrons. The van der Waals surface area contributed by atoms with Crippen LogP contribution < -0.4 is 5.73 Å². The molecule has 6 heteroatoms. The Balaban J connectivity index is 2.24. The smallest absolute Gasteiger partial charge is 0.337 e. The molecule has 0 spiro atoms. The van der Waals surface area contributed by atoms with Gasteiger partial charge in [-0.1, -0.05) is 39.0 Å². The number of allylic oxidation sites excluding steroid dienone is 4. The molecular formula is C25H26N4O2. The van der Waals surface area contributed by atoms with Gasteiger partial charge < -0.3 is 10.5 Å². The molecule has 1 aromatic rings. The van der Waals surface area contributed by atoms with Gasteiger partial charge in [-0.05, 0) is 53.4 Å². The minimum absolute atomic E-state index is 0.0127. The normalized spacial score (nSPS) is 24.7. The standard InChI is InChI=1S/C25H26N4O2/c1-24(2,3)17-9-10-18-19(11-17)21(15-5-7-16(8-6-15)23(30)31-4)25(13-27,14-28)22(29)20(18)12-26/h5-8,10,17,19,21H,9,11,29H2,1-4H3/t17-,19+,21-/m1/s1. The lowest BCUT2D eigenvalue weighted by Gasteiger charge is -2.47. The van der Waals surface area contributed by atoms with E-state index >= 15 is 0 Å². The molecule has 2 N–H and O–H groups in total. The predicted octanol–water partition coefficient (Wildman–Crippen LogP) is 4.34. The lowest BCUT2D eigenvalue weighted by atomic mass is 9.54. The van der Waals surface area contributed by atoms with Crippen molar-refractivity contribution in [1.29, 1.82) is 15.8 Å². The van der Waals surface area contributed by atoms with E-state index in [1.165, 1.54) is 7.11 Å². The molecule has 0 amide bonds. The lowest BCUT2D eigenvalue weighted by molar-refractivity contribution is 0.0600. The summed E-state index contributed by atoms with van der Waals surface area (Å²) >= 11 is 0. The number of rotatable bonds is 2. The molecule has 0 saturated heterocycles. The highest BCUT2D eigenvalue weighted by Gasteiger charge is 2.55. The Morgan fingerprint density at radius 1 is 1.16 bits per heavy atom. The molecule has 0 aromatic heterocycles. The van der Waals surface area contributed by atoms with E-state index < -0.39 is 17.3 Å². The Morgan fingerprint density at radius 3 is 2.26 bits per heavy atom. The van der Waals surface area contributed by atoms with Crippen LogP contribution in [0.15, 0.2) is 47.2 Å². The molecule has 0 fully saturated rings. The van der Waals surface area contributed by atoms with Gasteiger partial charge in [0.25, 0.3) is 0 Å². The summed E-state index contributed by atoms with van der Waals surface area (Å²) < 4.78 is 4.77. The molecule has 0 heterocycles. The average Bonchev–Trinajstić information content (AvgIpc) is 2.77. The highest BCUT2D eigenvalue weighted by molar-refractivity contribution is 5.89. The highest BCUT2D eigenvalue weighted by atomic mass is 16.5. The van der Waals surface area contributed by atoms with Gasteiger partial charge in [0.2, 0.25) is 0 Å². The van der Waals surface area contributed by atoms with Crippen LogP contribution in [-0.2, 0) is 4.74 Å². The van der Waals surface area contributed by atoms with Crippen LogP contribution >= 0.6 is 0 Å². The Morgan fingerprint density at radius 2 is 1.77 bits per heavy atom. The summed E-state index contributed by atoms with van der Waals surface area (Å²) in [6.45, 7) is 6.53. The zero-order valence-electron chi connectivity index (χ0n) is 18.3. The van der Waals surface area contributed by atoms with Gasteiger partial charge in [0, 0.05) is 5.92 Å². The van der Waals surface area contributed by atoms with Crippen LogP contribution in [-0.4, -0.2) is 13.1 Å². The second-order valence-electron chi connectivity index (χ2n) is 9.32. The van der Waals surface area contributed by atoms with Crippen molar-refractivity contribution in [2.45, 2.75) is 39.5 Å². The summed E-state index contributed by atoms with van der Waals surface area (Å²) in [6, 6.07) is 13.2. The third-order valence-corrected chi connectivity index (χ3v) is 6.79. The van der Waals surface area contributed by atoms with Crippen molar-refractivity contribution in [1.82, 2.24) is 0 Å². The molecular weight excluding hydrogens is 388 g/mol. The first kappa shape index (κ1) is 22.1. The summed E-state index contributed by atoms with van der Waals surface area (Å²) in [5, 5.41) is 30.2. The summed E-state index contributed by atoms with van der Waals surface area (Å²) in [6.07, 6.45) is 3.61. The number of carbonyl (C=O) groups excluding carboxylic acids is 1. The van der Waals surface area contributed by atoms with Gasteiger partial charge in [0.1, 0.15) is 6.07 Å². The third-order valence-electron chi connectivity index (χ3n) is 6.79. The van der Waals surface area contributed by atoms with Crippen molar-refractivity contribution in [3.8, 4) is 18.2 Å². The predicted molar refractivity (Wildman–Crippen MR) is 115 cm³/mol. The van der Waals surface area contributed by atoms with Crippen molar-refractivity contribution in [2.24, 2.45) is 28.4 Å². The maximum absolute atomic E-state index is 11.9. The Labute approximate surface area is 183 Å². The number of carbonyl (C=O) groups is 1. The van der Waals surface area contributed by atoms with Crippen molar-refractivity contribution in [2.75, 3.05) is 7.11 Å². The first-order valence-electron chi connectivity index (χ1n) is 10.3. The summed E-state index contributed by atoms with van der Waals surface area (Å²) in [5.41, 5.74) is 6.91. The highest BCUT2D eigenvalue weighted by Crippen LogP contribution is 2.57. The number of methoxy groups -OCH3 is 1. The van der Waals surface area contributed by atoms with Gasteiger partial charge in [-0.2, -0.15) is 15.8 Å². The number of hydrogen-bond acceptors (Lipinski definition) is 6. The molecule has 0 aliphatic heterocycles. The van der Waals surface area contributed by atoms with Crippen LogP contribution in [0.5, 0.6) is 0 Å². The molecule has 0 bridgehead atoms. The lowest BCUT2D eigenvalue weighted by Crippen LogP contribution is -2.44. The first-order valence-corrected chi connectivity index (χ1v) is 10.3. The number of fused-ring (bicyclic) bond motifs is 1. The van der Waals surface area contributed by atoms with E-state index in [1.54, 1.807) is 24.3 Å². The van der Waals surface area contributed by atoms with Crippen LogP contribution in [0, 0.1) is 56.7 Å². The van der Waals surface area contributed by atoms with E-state index in [0.29, 0.717) is 11.5 Å². The van der Waals surface area contributed by atoms with Crippen LogP contribution in [0.25, 0.3) is 0 Å². The molecule has 0 radical (unpaired) electrons. The largest absolute Gasteiger partial charge is 0.465 e. The molecule has 6 nitrogen and oxygen atoms in total. The summed E-state index contributed by atoms with van der Waals surface area (Å²) in [7, 11) is 1.31. The van der Waals surface area contributed by atoms with Crippen LogP contribution in [0.4, 0.5) is 0 Å².